The summed E-state index contributed by atoms with van der Waals surface area (Å²) >= 11 is 0. The minimum absolute atomic E-state index is 0.0736. The standard InChI is InChI=1S/C10H20F2/c1-10(2,3)8-6-4-5-7-9(11)12/h9H,4-8H2,1-3H3. The van der Waals surface area contributed by atoms with Crippen LogP contribution in [0.25, 0.3) is 0 Å². The van der Waals surface area contributed by atoms with Crippen LogP contribution in [-0.4, -0.2) is 6.43 Å². The van der Waals surface area contributed by atoms with Crippen LogP contribution < -0.4 is 0 Å². The molecule has 0 aromatic rings. The average Bonchev–Trinajstić information content (AvgIpc) is 1.83. The van der Waals surface area contributed by atoms with Gasteiger partial charge in [0, 0.05) is 6.42 Å². The largest absolute Gasteiger partial charge is 0.238 e. The van der Waals surface area contributed by atoms with Gasteiger partial charge in [0.15, 0.2) is 0 Å². The normalized spacial score (nSPS) is 12.5. The molecule has 0 atom stereocenters. The molecule has 0 bridgehead atoms. The van der Waals surface area contributed by atoms with Crippen LogP contribution in [0.1, 0.15) is 52.9 Å². The quantitative estimate of drug-likeness (QED) is 0.552. The molecule has 0 amide bonds. The van der Waals surface area contributed by atoms with Gasteiger partial charge < -0.3 is 0 Å². The SMILES string of the molecule is CC(C)(C)CCCCCC(F)F. The molecule has 0 rings (SSSR count). The Morgan fingerprint density at radius 3 is 2.00 bits per heavy atom. The molecule has 0 saturated carbocycles. The summed E-state index contributed by atoms with van der Waals surface area (Å²) < 4.78 is 23.4. The smallest absolute Gasteiger partial charge is 0.211 e. The summed E-state index contributed by atoms with van der Waals surface area (Å²) in [6, 6.07) is 0. The van der Waals surface area contributed by atoms with Crippen molar-refractivity contribution in [1.29, 1.82) is 0 Å². The zero-order chi connectivity index (χ0) is 9.61. The fourth-order valence-electron chi connectivity index (χ4n) is 1.13. The van der Waals surface area contributed by atoms with E-state index in [1.54, 1.807) is 0 Å². The van der Waals surface area contributed by atoms with Gasteiger partial charge in [-0.05, 0) is 18.3 Å². The molecule has 0 spiro atoms. The third-order valence-electron chi connectivity index (χ3n) is 1.85. The predicted octanol–water partition coefficient (Wildman–Crippen LogP) is 4.25. The Hall–Kier alpha value is -0.140. The molecule has 0 aliphatic rings. The second-order valence-electron chi connectivity index (χ2n) is 4.55. The first-order valence-corrected chi connectivity index (χ1v) is 4.70. The fourth-order valence-corrected chi connectivity index (χ4v) is 1.13. The number of halogens is 2. The van der Waals surface area contributed by atoms with Crippen LogP contribution in [0.5, 0.6) is 0 Å². The Bertz CT molecular complexity index is 103. The third kappa shape index (κ3) is 9.86. The number of unbranched alkanes of at least 4 members (excludes halogenated alkanes) is 2. The third-order valence-corrected chi connectivity index (χ3v) is 1.85. The van der Waals surface area contributed by atoms with Crippen molar-refractivity contribution in [2.24, 2.45) is 5.41 Å². The van der Waals surface area contributed by atoms with Crippen molar-refractivity contribution < 1.29 is 8.78 Å². The van der Waals surface area contributed by atoms with E-state index in [2.05, 4.69) is 20.8 Å². The molecule has 2 heteroatoms. The average molecular weight is 178 g/mol. The van der Waals surface area contributed by atoms with E-state index in [4.69, 9.17) is 0 Å². The maximum absolute atomic E-state index is 11.7. The second-order valence-corrected chi connectivity index (χ2v) is 4.55. The lowest BCUT2D eigenvalue weighted by Crippen LogP contribution is -2.04. The van der Waals surface area contributed by atoms with E-state index in [0.717, 1.165) is 19.3 Å². The number of hydrogen-bond acceptors (Lipinski definition) is 0. The van der Waals surface area contributed by atoms with Crippen molar-refractivity contribution in [1.82, 2.24) is 0 Å². The molecule has 0 heterocycles. The molecule has 0 aromatic heterocycles. The number of rotatable bonds is 5. The summed E-state index contributed by atoms with van der Waals surface area (Å²) in [5.41, 5.74) is 0.352. The molecule has 0 aliphatic carbocycles. The van der Waals surface area contributed by atoms with Gasteiger partial charge in [-0.15, -0.1) is 0 Å². The molecule has 0 saturated heterocycles. The summed E-state index contributed by atoms with van der Waals surface area (Å²) in [7, 11) is 0. The Morgan fingerprint density at radius 1 is 1.00 bits per heavy atom. The van der Waals surface area contributed by atoms with Crippen LogP contribution in [0.4, 0.5) is 8.78 Å². The Morgan fingerprint density at radius 2 is 1.58 bits per heavy atom. The van der Waals surface area contributed by atoms with Crippen LogP contribution in [0.2, 0.25) is 0 Å². The molecular formula is C10H20F2. The first kappa shape index (κ1) is 11.9. The molecule has 0 aliphatic heterocycles. The highest BCUT2D eigenvalue weighted by Crippen LogP contribution is 2.22. The Balaban J connectivity index is 3.12. The van der Waals surface area contributed by atoms with Crippen LogP contribution in [0, 0.1) is 5.41 Å². The number of alkyl halides is 2. The van der Waals surface area contributed by atoms with Crippen molar-refractivity contribution in [3.63, 3.8) is 0 Å². The van der Waals surface area contributed by atoms with Gasteiger partial charge in [-0.25, -0.2) is 8.78 Å². The van der Waals surface area contributed by atoms with Gasteiger partial charge in [-0.2, -0.15) is 0 Å². The van der Waals surface area contributed by atoms with E-state index in [9.17, 15) is 8.78 Å². The number of hydrogen-bond donors (Lipinski definition) is 0. The van der Waals surface area contributed by atoms with E-state index in [0.29, 0.717) is 11.8 Å². The predicted molar refractivity (Wildman–Crippen MR) is 48.5 cm³/mol. The molecule has 0 nitrogen and oxygen atoms in total. The van der Waals surface area contributed by atoms with Gasteiger partial charge in [-0.3, -0.25) is 0 Å². The maximum atomic E-state index is 11.7. The molecule has 0 aromatic carbocycles. The zero-order valence-electron chi connectivity index (χ0n) is 8.37. The topological polar surface area (TPSA) is 0 Å². The van der Waals surface area contributed by atoms with E-state index >= 15 is 0 Å². The van der Waals surface area contributed by atoms with Gasteiger partial charge in [0.2, 0.25) is 6.43 Å². The van der Waals surface area contributed by atoms with E-state index in [1.165, 1.54) is 0 Å². The lowest BCUT2D eigenvalue weighted by molar-refractivity contribution is 0.133. The van der Waals surface area contributed by atoms with Crippen LogP contribution in [0.3, 0.4) is 0 Å². The maximum Gasteiger partial charge on any atom is 0.238 e. The summed E-state index contributed by atoms with van der Waals surface area (Å²) in [6.45, 7) is 6.54. The van der Waals surface area contributed by atoms with Crippen molar-refractivity contribution in [2.45, 2.75) is 59.3 Å². The zero-order valence-corrected chi connectivity index (χ0v) is 8.37. The van der Waals surface area contributed by atoms with Crippen LogP contribution in [0.15, 0.2) is 0 Å². The van der Waals surface area contributed by atoms with Crippen LogP contribution in [-0.2, 0) is 0 Å². The van der Waals surface area contributed by atoms with Crippen molar-refractivity contribution in [3.8, 4) is 0 Å². The highest BCUT2D eigenvalue weighted by Gasteiger charge is 2.09. The van der Waals surface area contributed by atoms with Crippen LogP contribution >= 0.6 is 0 Å². The molecule has 0 radical (unpaired) electrons. The summed E-state index contributed by atoms with van der Waals surface area (Å²) in [5.74, 6) is 0. The molecular weight excluding hydrogens is 158 g/mol. The summed E-state index contributed by atoms with van der Waals surface area (Å²) in [5, 5.41) is 0. The van der Waals surface area contributed by atoms with Gasteiger partial charge in [0.25, 0.3) is 0 Å². The Labute approximate surface area is 74.4 Å². The molecule has 12 heavy (non-hydrogen) atoms. The van der Waals surface area contributed by atoms with E-state index < -0.39 is 6.43 Å². The second kappa shape index (κ2) is 5.50. The molecule has 0 unspecified atom stereocenters. The molecule has 0 fully saturated rings. The van der Waals surface area contributed by atoms with Crippen molar-refractivity contribution in [2.75, 3.05) is 0 Å². The Kier molecular flexibility index (Phi) is 5.43. The lowest BCUT2D eigenvalue weighted by atomic mass is 9.89. The highest BCUT2D eigenvalue weighted by atomic mass is 19.3. The first-order valence-electron chi connectivity index (χ1n) is 4.70. The van der Waals surface area contributed by atoms with Crippen molar-refractivity contribution in [3.05, 3.63) is 0 Å². The first-order chi connectivity index (χ1) is 5.42. The van der Waals surface area contributed by atoms with Crippen molar-refractivity contribution >= 4 is 0 Å². The van der Waals surface area contributed by atoms with Gasteiger partial charge >= 0.3 is 0 Å². The highest BCUT2D eigenvalue weighted by molar-refractivity contribution is 4.60. The lowest BCUT2D eigenvalue weighted by Gasteiger charge is -2.17. The van der Waals surface area contributed by atoms with Gasteiger partial charge in [0.1, 0.15) is 0 Å². The molecule has 74 valence electrons. The minimum atomic E-state index is -2.11. The summed E-state index contributed by atoms with van der Waals surface area (Å²) in [6.07, 6.45) is 1.80. The monoisotopic (exact) mass is 178 g/mol. The van der Waals surface area contributed by atoms with E-state index in [-0.39, 0.29) is 6.42 Å². The van der Waals surface area contributed by atoms with E-state index in [1.807, 2.05) is 0 Å². The minimum Gasteiger partial charge on any atom is -0.211 e. The molecule has 0 N–H and O–H groups in total. The fraction of sp³-hybridized carbons (Fsp3) is 1.00. The summed E-state index contributed by atoms with van der Waals surface area (Å²) in [4.78, 5) is 0. The van der Waals surface area contributed by atoms with Gasteiger partial charge in [-0.1, -0.05) is 33.6 Å². The van der Waals surface area contributed by atoms with Gasteiger partial charge in [0.05, 0.1) is 0 Å².